The van der Waals surface area contributed by atoms with Crippen molar-refractivity contribution in [3.63, 3.8) is 0 Å². The highest BCUT2D eigenvalue weighted by molar-refractivity contribution is 5.87. The molecule has 4 aromatic rings. The Bertz CT molecular complexity index is 1340. The lowest BCUT2D eigenvalue weighted by atomic mass is 9.90. The third-order valence-corrected chi connectivity index (χ3v) is 7.15. The second kappa shape index (κ2) is 8.20. The summed E-state index contributed by atoms with van der Waals surface area (Å²) >= 11 is 0. The number of fused-ring (bicyclic) bond motifs is 4. The summed E-state index contributed by atoms with van der Waals surface area (Å²) in [6, 6.07) is 23.6. The number of hydrogen-bond donors (Lipinski definition) is 0. The number of rotatable bonds is 4. The second-order valence-electron chi connectivity index (χ2n) is 9.23. The predicted octanol–water partition coefficient (Wildman–Crippen LogP) is 5.57. The van der Waals surface area contributed by atoms with E-state index in [4.69, 9.17) is 9.15 Å². The van der Waals surface area contributed by atoms with E-state index >= 15 is 0 Å². The van der Waals surface area contributed by atoms with Gasteiger partial charge in [-0.3, -0.25) is 4.90 Å². The Morgan fingerprint density at radius 3 is 2.30 bits per heavy atom. The fraction of sp³-hybridized carbons (Fsp3) is 0.276. The summed E-state index contributed by atoms with van der Waals surface area (Å²) in [6.45, 7) is 4.21. The molecule has 1 aliphatic carbocycles. The molecule has 2 aliphatic rings. The molecule has 0 radical (unpaired) electrons. The van der Waals surface area contributed by atoms with Gasteiger partial charge in [0.25, 0.3) is 0 Å². The van der Waals surface area contributed by atoms with Gasteiger partial charge in [-0.05, 0) is 48.9 Å². The summed E-state index contributed by atoms with van der Waals surface area (Å²) in [5, 5.41) is 1.09. The Kier molecular flexibility index (Phi) is 5.03. The van der Waals surface area contributed by atoms with E-state index in [1.807, 2.05) is 6.92 Å². The fourth-order valence-electron chi connectivity index (χ4n) is 5.54. The van der Waals surface area contributed by atoms with Crippen molar-refractivity contribution in [2.75, 3.05) is 13.3 Å². The van der Waals surface area contributed by atoms with Crippen molar-refractivity contribution in [3.05, 3.63) is 111 Å². The van der Waals surface area contributed by atoms with Crippen LogP contribution < -0.4 is 10.4 Å². The Morgan fingerprint density at radius 2 is 1.61 bits per heavy atom. The molecule has 0 atom stereocenters. The Labute approximate surface area is 193 Å². The van der Waals surface area contributed by atoms with E-state index in [1.54, 1.807) is 0 Å². The molecule has 0 unspecified atom stereocenters. The Balaban J connectivity index is 1.36. The number of hydrogen-bond acceptors (Lipinski definition) is 4. The molecule has 0 spiro atoms. The molecule has 2 heterocycles. The molecule has 0 saturated carbocycles. The van der Waals surface area contributed by atoms with Crippen molar-refractivity contribution < 1.29 is 9.15 Å². The Morgan fingerprint density at radius 1 is 0.939 bits per heavy atom. The van der Waals surface area contributed by atoms with E-state index in [9.17, 15) is 4.79 Å². The lowest BCUT2D eigenvalue weighted by Gasteiger charge is -2.33. The molecule has 33 heavy (non-hydrogen) atoms. The van der Waals surface area contributed by atoms with E-state index in [0.29, 0.717) is 12.3 Å². The maximum absolute atomic E-state index is 12.5. The van der Waals surface area contributed by atoms with Gasteiger partial charge in [-0.2, -0.15) is 0 Å². The predicted molar refractivity (Wildman–Crippen MR) is 130 cm³/mol. The zero-order chi connectivity index (χ0) is 22.4. The van der Waals surface area contributed by atoms with Gasteiger partial charge in [-0.1, -0.05) is 60.7 Å². The molecule has 0 bridgehead atoms. The first kappa shape index (κ1) is 20.3. The lowest BCUT2D eigenvalue weighted by molar-refractivity contribution is 0.0917. The molecule has 1 aromatic heterocycles. The van der Waals surface area contributed by atoms with Crippen LogP contribution in [0.25, 0.3) is 11.0 Å². The van der Waals surface area contributed by atoms with Crippen LogP contribution >= 0.6 is 0 Å². The molecule has 0 saturated heterocycles. The average Bonchev–Trinajstić information content (AvgIpc) is 3.36. The summed E-state index contributed by atoms with van der Waals surface area (Å²) in [7, 11) is 0. The van der Waals surface area contributed by atoms with E-state index in [1.165, 1.54) is 22.3 Å². The molecule has 4 heteroatoms. The van der Waals surface area contributed by atoms with Crippen LogP contribution in [0.15, 0.2) is 75.9 Å². The van der Waals surface area contributed by atoms with Crippen LogP contribution in [0, 0.1) is 6.92 Å². The van der Waals surface area contributed by atoms with E-state index in [2.05, 4.69) is 71.6 Å². The molecule has 0 fully saturated rings. The maximum Gasteiger partial charge on any atom is 0.339 e. The van der Waals surface area contributed by atoms with Crippen molar-refractivity contribution in [2.24, 2.45) is 0 Å². The molecule has 3 aromatic carbocycles. The van der Waals surface area contributed by atoms with Gasteiger partial charge in [0.1, 0.15) is 18.1 Å². The summed E-state index contributed by atoms with van der Waals surface area (Å²) in [5.41, 5.74) is 7.29. The molecule has 6 rings (SSSR count). The summed E-state index contributed by atoms with van der Waals surface area (Å²) < 4.78 is 12.0. The highest BCUT2D eigenvalue weighted by Gasteiger charge is 2.28. The highest BCUT2D eigenvalue weighted by atomic mass is 16.5. The zero-order valence-corrected chi connectivity index (χ0v) is 18.8. The van der Waals surface area contributed by atoms with Crippen molar-refractivity contribution in [2.45, 2.75) is 38.6 Å². The minimum atomic E-state index is -0.177. The Hall–Kier alpha value is -3.37. The topological polar surface area (TPSA) is 42.7 Å². The highest BCUT2D eigenvalue weighted by Crippen LogP contribution is 2.38. The smallest absolute Gasteiger partial charge is 0.339 e. The van der Waals surface area contributed by atoms with Gasteiger partial charge in [0.05, 0.1) is 0 Å². The largest absolute Gasteiger partial charge is 0.477 e. The van der Waals surface area contributed by atoms with Crippen LogP contribution in [-0.2, 0) is 19.4 Å². The van der Waals surface area contributed by atoms with Crippen molar-refractivity contribution >= 4 is 11.0 Å². The minimum absolute atomic E-state index is 0.177. The molecule has 1 aliphatic heterocycles. The summed E-state index contributed by atoms with van der Waals surface area (Å²) in [6.07, 6.45) is 2.79. The third kappa shape index (κ3) is 3.55. The van der Waals surface area contributed by atoms with Gasteiger partial charge in [0.2, 0.25) is 0 Å². The SMILES string of the molecule is Cc1c2c(cc3c4c(c(=O)oc13)CCC4)CN(CC(c1ccccc1)c1ccccc1)CO2. The van der Waals surface area contributed by atoms with Crippen LogP contribution in [0.3, 0.4) is 0 Å². The quantitative estimate of drug-likeness (QED) is 0.391. The maximum atomic E-state index is 12.5. The number of ether oxygens (including phenoxy) is 1. The van der Waals surface area contributed by atoms with Crippen LogP contribution in [0.4, 0.5) is 0 Å². The molecule has 166 valence electrons. The van der Waals surface area contributed by atoms with Crippen molar-refractivity contribution in [1.82, 2.24) is 4.90 Å². The van der Waals surface area contributed by atoms with Crippen molar-refractivity contribution in [1.29, 1.82) is 0 Å². The first-order valence-electron chi connectivity index (χ1n) is 11.7. The van der Waals surface area contributed by atoms with Crippen LogP contribution in [0.1, 0.15) is 45.7 Å². The normalized spacial score (nSPS) is 15.5. The van der Waals surface area contributed by atoms with Gasteiger partial charge < -0.3 is 9.15 Å². The first-order chi connectivity index (χ1) is 16.2. The standard InChI is InChI=1S/C29H27NO3/c1-19-27-22(15-25-23-13-8-14-24(23)29(31)33-28(19)25)16-30(18-32-27)17-26(20-9-4-2-5-10-20)21-11-6-3-7-12-21/h2-7,9-12,15,26H,8,13-14,16-18H2,1H3. The van der Waals surface area contributed by atoms with Crippen LogP contribution in [-0.4, -0.2) is 18.2 Å². The average molecular weight is 438 g/mol. The number of aryl methyl sites for hydroxylation is 2. The first-order valence-corrected chi connectivity index (χ1v) is 11.7. The monoisotopic (exact) mass is 437 g/mol. The molecular formula is C29H27NO3. The van der Waals surface area contributed by atoms with Crippen LogP contribution in [0.5, 0.6) is 5.75 Å². The van der Waals surface area contributed by atoms with Gasteiger partial charge >= 0.3 is 5.63 Å². The molecule has 0 amide bonds. The van der Waals surface area contributed by atoms with Gasteiger partial charge in [-0.15, -0.1) is 0 Å². The molecule has 4 nitrogen and oxygen atoms in total. The minimum Gasteiger partial charge on any atom is -0.477 e. The third-order valence-electron chi connectivity index (χ3n) is 7.15. The van der Waals surface area contributed by atoms with E-state index in [0.717, 1.165) is 54.6 Å². The van der Waals surface area contributed by atoms with Gasteiger partial charge in [0.15, 0.2) is 0 Å². The zero-order valence-electron chi connectivity index (χ0n) is 18.8. The van der Waals surface area contributed by atoms with Crippen molar-refractivity contribution in [3.8, 4) is 5.75 Å². The number of nitrogens with zero attached hydrogens (tertiary/aromatic N) is 1. The number of benzene rings is 3. The van der Waals surface area contributed by atoms with Gasteiger partial charge in [-0.25, -0.2) is 4.79 Å². The van der Waals surface area contributed by atoms with E-state index in [-0.39, 0.29) is 11.5 Å². The van der Waals surface area contributed by atoms with Gasteiger partial charge in [0, 0.05) is 41.1 Å². The fourth-order valence-corrected chi connectivity index (χ4v) is 5.54. The second-order valence-corrected chi connectivity index (χ2v) is 9.23. The van der Waals surface area contributed by atoms with Crippen LogP contribution in [0.2, 0.25) is 0 Å². The van der Waals surface area contributed by atoms with E-state index < -0.39 is 0 Å². The summed E-state index contributed by atoms with van der Waals surface area (Å²) in [5.74, 6) is 1.14. The molecular weight excluding hydrogens is 410 g/mol. The lowest BCUT2D eigenvalue weighted by Crippen LogP contribution is -2.35. The summed E-state index contributed by atoms with van der Waals surface area (Å²) in [4.78, 5) is 14.8. The molecule has 0 N–H and O–H groups in total.